The summed E-state index contributed by atoms with van der Waals surface area (Å²) in [7, 11) is 0. The van der Waals surface area contributed by atoms with E-state index in [4.69, 9.17) is 5.26 Å². The van der Waals surface area contributed by atoms with Crippen molar-refractivity contribution in [3.8, 4) is 6.07 Å². The summed E-state index contributed by atoms with van der Waals surface area (Å²) in [4.78, 5) is 11.6. The monoisotopic (exact) mass is 263 g/mol. The fourth-order valence-electron chi connectivity index (χ4n) is 1.55. The van der Waals surface area contributed by atoms with Gasteiger partial charge in [-0.2, -0.15) is 5.26 Å². The molecule has 0 atom stereocenters. The number of anilines is 1. The van der Waals surface area contributed by atoms with Crippen molar-refractivity contribution in [1.82, 2.24) is 5.32 Å². The topological polar surface area (TPSA) is 64.9 Å². The molecule has 0 heterocycles. The summed E-state index contributed by atoms with van der Waals surface area (Å²) in [6, 6.07) is 5.85. The Kier molecular flexibility index (Phi) is 4.87. The van der Waals surface area contributed by atoms with E-state index in [1.165, 1.54) is 12.1 Å². The first-order valence-electron chi connectivity index (χ1n) is 6.06. The highest BCUT2D eigenvalue weighted by Crippen LogP contribution is 2.15. The van der Waals surface area contributed by atoms with Crippen LogP contribution in [-0.4, -0.2) is 18.0 Å². The SMILES string of the molecule is CC(C)(C)NC(=O)CCNc1ccc(F)cc1C#N. The first-order valence-corrected chi connectivity index (χ1v) is 6.06. The largest absolute Gasteiger partial charge is 0.383 e. The van der Waals surface area contributed by atoms with E-state index in [1.807, 2.05) is 26.8 Å². The molecule has 0 radical (unpaired) electrons. The Balaban J connectivity index is 2.50. The molecular formula is C14H18FN3O. The summed E-state index contributed by atoms with van der Waals surface area (Å²) in [5, 5.41) is 14.7. The van der Waals surface area contributed by atoms with E-state index >= 15 is 0 Å². The van der Waals surface area contributed by atoms with Gasteiger partial charge in [-0.1, -0.05) is 0 Å². The van der Waals surface area contributed by atoms with Gasteiger partial charge in [0, 0.05) is 18.5 Å². The van der Waals surface area contributed by atoms with Crippen LogP contribution >= 0.6 is 0 Å². The average Bonchev–Trinajstić information content (AvgIpc) is 2.28. The number of nitrogens with zero attached hydrogens (tertiary/aromatic N) is 1. The second-order valence-corrected chi connectivity index (χ2v) is 5.28. The number of hydrogen-bond acceptors (Lipinski definition) is 3. The van der Waals surface area contributed by atoms with Gasteiger partial charge in [0.25, 0.3) is 0 Å². The highest BCUT2D eigenvalue weighted by atomic mass is 19.1. The van der Waals surface area contributed by atoms with Crippen LogP contribution in [-0.2, 0) is 4.79 Å². The number of rotatable bonds is 4. The number of nitriles is 1. The van der Waals surface area contributed by atoms with E-state index in [2.05, 4.69) is 10.6 Å². The minimum absolute atomic E-state index is 0.0689. The van der Waals surface area contributed by atoms with E-state index in [9.17, 15) is 9.18 Å². The zero-order valence-corrected chi connectivity index (χ0v) is 11.4. The number of amides is 1. The second kappa shape index (κ2) is 6.19. The van der Waals surface area contributed by atoms with Crippen LogP contribution in [0.15, 0.2) is 18.2 Å². The maximum Gasteiger partial charge on any atom is 0.222 e. The van der Waals surface area contributed by atoms with Crippen LogP contribution in [0.2, 0.25) is 0 Å². The molecule has 0 aromatic heterocycles. The summed E-state index contributed by atoms with van der Waals surface area (Å²) >= 11 is 0. The van der Waals surface area contributed by atoms with Gasteiger partial charge in [0.1, 0.15) is 11.9 Å². The molecular weight excluding hydrogens is 245 g/mol. The molecule has 2 N–H and O–H groups in total. The van der Waals surface area contributed by atoms with Crippen molar-refractivity contribution in [2.24, 2.45) is 0 Å². The van der Waals surface area contributed by atoms with Crippen molar-refractivity contribution in [2.75, 3.05) is 11.9 Å². The highest BCUT2D eigenvalue weighted by Gasteiger charge is 2.13. The molecule has 0 fully saturated rings. The molecule has 1 aromatic rings. The Bertz CT molecular complexity index is 500. The molecule has 0 aliphatic rings. The summed E-state index contributed by atoms with van der Waals surface area (Å²) in [6.07, 6.45) is 0.291. The van der Waals surface area contributed by atoms with Crippen LogP contribution in [0.1, 0.15) is 32.8 Å². The van der Waals surface area contributed by atoms with Gasteiger partial charge in [0.15, 0.2) is 0 Å². The molecule has 4 nitrogen and oxygen atoms in total. The quantitative estimate of drug-likeness (QED) is 0.876. The van der Waals surface area contributed by atoms with Crippen LogP contribution in [0.3, 0.4) is 0 Å². The third-order valence-electron chi connectivity index (χ3n) is 2.28. The van der Waals surface area contributed by atoms with Crippen molar-refractivity contribution >= 4 is 11.6 Å². The van der Waals surface area contributed by atoms with Crippen molar-refractivity contribution in [3.63, 3.8) is 0 Å². The smallest absolute Gasteiger partial charge is 0.222 e. The molecule has 5 heteroatoms. The Morgan fingerprint density at radius 2 is 2.11 bits per heavy atom. The maximum absolute atomic E-state index is 12.9. The number of nitrogens with one attached hydrogen (secondary N) is 2. The van der Waals surface area contributed by atoms with Crippen molar-refractivity contribution in [2.45, 2.75) is 32.7 Å². The molecule has 0 bridgehead atoms. The summed E-state index contributed by atoms with van der Waals surface area (Å²) in [6.45, 7) is 6.12. The lowest BCUT2D eigenvalue weighted by molar-refractivity contribution is -0.122. The first kappa shape index (κ1) is 15.0. The minimum atomic E-state index is -0.451. The Hall–Kier alpha value is -2.09. The fourth-order valence-corrected chi connectivity index (χ4v) is 1.55. The van der Waals surface area contributed by atoms with Crippen LogP contribution in [0, 0.1) is 17.1 Å². The molecule has 1 rings (SSSR count). The standard InChI is InChI=1S/C14H18FN3O/c1-14(2,3)18-13(19)6-7-17-12-5-4-11(15)8-10(12)9-16/h4-5,8,17H,6-7H2,1-3H3,(H,18,19). The number of carbonyl (C=O) groups is 1. The number of benzene rings is 1. The average molecular weight is 263 g/mol. The van der Waals surface area contributed by atoms with Gasteiger partial charge >= 0.3 is 0 Å². The number of carbonyl (C=O) groups excluding carboxylic acids is 1. The number of halogens is 1. The Morgan fingerprint density at radius 1 is 1.42 bits per heavy atom. The zero-order valence-electron chi connectivity index (χ0n) is 11.4. The van der Waals surface area contributed by atoms with Gasteiger partial charge in [-0.25, -0.2) is 4.39 Å². The van der Waals surface area contributed by atoms with Crippen LogP contribution < -0.4 is 10.6 Å². The normalized spacial score (nSPS) is 10.7. The Morgan fingerprint density at radius 3 is 2.68 bits per heavy atom. The van der Waals surface area contributed by atoms with Gasteiger partial charge in [0.05, 0.1) is 11.3 Å². The molecule has 0 aliphatic carbocycles. The third-order valence-corrected chi connectivity index (χ3v) is 2.28. The van der Waals surface area contributed by atoms with Crippen LogP contribution in [0.5, 0.6) is 0 Å². The van der Waals surface area contributed by atoms with Crippen LogP contribution in [0.4, 0.5) is 10.1 Å². The summed E-state index contributed by atoms with van der Waals surface area (Å²) < 4.78 is 12.9. The Labute approximate surface area is 112 Å². The minimum Gasteiger partial charge on any atom is -0.383 e. The van der Waals surface area contributed by atoms with Gasteiger partial charge in [-0.05, 0) is 39.0 Å². The van der Waals surface area contributed by atoms with E-state index in [0.29, 0.717) is 18.7 Å². The predicted molar refractivity (Wildman–Crippen MR) is 72.1 cm³/mol. The van der Waals surface area contributed by atoms with Gasteiger partial charge in [0.2, 0.25) is 5.91 Å². The third kappa shape index (κ3) is 5.38. The summed E-state index contributed by atoms with van der Waals surface area (Å²) in [5.41, 5.74) is 0.508. The molecule has 0 saturated carbocycles. The molecule has 0 aliphatic heterocycles. The van der Waals surface area contributed by atoms with Crippen LogP contribution in [0.25, 0.3) is 0 Å². The summed E-state index contributed by atoms with van der Waals surface area (Å²) in [5.74, 6) is -0.520. The lowest BCUT2D eigenvalue weighted by Gasteiger charge is -2.20. The van der Waals surface area contributed by atoms with Gasteiger partial charge < -0.3 is 10.6 Å². The van der Waals surface area contributed by atoms with E-state index in [-0.39, 0.29) is 17.0 Å². The molecule has 0 spiro atoms. The van der Waals surface area contributed by atoms with E-state index in [1.54, 1.807) is 0 Å². The molecule has 1 amide bonds. The molecule has 19 heavy (non-hydrogen) atoms. The molecule has 1 aromatic carbocycles. The molecule has 0 unspecified atom stereocenters. The number of hydrogen-bond donors (Lipinski definition) is 2. The second-order valence-electron chi connectivity index (χ2n) is 5.28. The van der Waals surface area contributed by atoms with Crippen molar-refractivity contribution < 1.29 is 9.18 Å². The molecule has 0 saturated heterocycles. The van der Waals surface area contributed by atoms with E-state index in [0.717, 1.165) is 6.07 Å². The van der Waals surface area contributed by atoms with E-state index < -0.39 is 5.82 Å². The lowest BCUT2D eigenvalue weighted by atomic mass is 10.1. The van der Waals surface area contributed by atoms with Crippen molar-refractivity contribution in [3.05, 3.63) is 29.6 Å². The fraction of sp³-hybridized carbons (Fsp3) is 0.429. The van der Waals surface area contributed by atoms with Gasteiger partial charge in [-0.3, -0.25) is 4.79 Å². The van der Waals surface area contributed by atoms with Gasteiger partial charge in [-0.15, -0.1) is 0 Å². The predicted octanol–water partition coefficient (Wildman–Crippen LogP) is 2.41. The molecule has 102 valence electrons. The lowest BCUT2D eigenvalue weighted by Crippen LogP contribution is -2.41. The highest BCUT2D eigenvalue weighted by molar-refractivity contribution is 5.77. The zero-order chi connectivity index (χ0) is 14.5. The first-order chi connectivity index (χ1) is 8.81. The maximum atomic E-state index is 12.9. The van der Waals surface area contributed by atoms with Crippen molar-refractivity contribution in [1.29, 1.82) is 5.26 Å².